The van der Waals surface area contributed by atoms with Gasteiger partial charge in [-0.05, 0) is 49.1 Å². The number of amides is 1. The van der Waals surface area contributed by atoms with Crippen LogP contribution in [0.5, 0.6) is 5.75 Å². The Morgan fingerprint density at radius 1 is 1.22 bits per heavy atom. The molecule has 0 radical (unpaired) electrons. The molecule has 1 aliphatic rings. The molecule has 0 unspecified atom stereocenters. The standard InChI is InChI=1S/C23H28N6O3/c24-23-25-15-29(28-23)13-22(31)27-17-8-6-16(7-9-17)12-18-10-11-20(26-18)21(30)14-32-19-4-2-1-3-5-19/h1-9,15,18,20-21,26,30H,10-14H2,(H2,24,28)(H,27,31)/t18-,20+,21+/m0/s1. The lowest BCUT2D eigenvalue weighted by atomic mass is 10.0. The quantitative estimate of drug-likeness (QED) is 0.401. The van der Waals surface area contributed by atoms with Crippen molar-refractivity contribution in [3.63, 3.8) is 0 Å². The van der Waals surface area contributed by atoms with E-state index in [2.05, 4.69) is 20.7 Å². The first kappa shape index (κ1) is 21.8. The summed E-state index contributed by atoms with van der Waals surface area (Å²) in [5.74, 6) is 0.703. The number of aliphatic hydroxyl groups excluding tert-OH is 1. The summed E-state index contributed by atoms with van der Waals surface area (Å²) in [6.07, 6.45) is 3.62. The van der Waals surface area contributed by atoms with E-state index in [1.807, 2.05) is 54.6 Å². The van der Waals surface area contributed by atoms with Crippen LogP contribution in [0.25, 0.3) is 0 Å². The minimum absolute atomic E-state index is 0.0214. The summed E-state index contributed by atoms with van der Waals surface area (Å²) in [6.45, 7) is 0.319. The minimum atomic E-state index is -0.557. The molecule has 4 rings (SSSR count). The zero-order valence-corrected chi connectivity index (χ0v) is 17.7. The van der Waals surface area contributed by atoms with Crippen molar-refractivity contribution in [1.82, 2.24) is 20.1 Å². The lowest BCUT2D eigenvalue weighted by Gasteiger charge is -2.20. The van der Waals surface area contributed by atoms with Crippen LogP contribution >= 0.6 is 0 Å². The van der Waals surface area contributed by atoms with Crippen molar-refractivity contribution in [3.8, 4) is 5.75 Å². The molecule has 1 aromatic heterocycles. The van der Waals surface area contributed by atoms with Gasteiger partial charge in [-0.3, -0.25) is 4.79 Å². The summed E-state index contributed by atoms with van der Waals surface area (Å²) in [6, 6.07) is 17.6. The third-order valence-electron chi connectivity index (χ3n) is 5.48. The number of para-hydroxylation sites is 1. The highest BCUT2D eigenvalue weighted by Gasteiger charge is 2.29. The number of rotatable bonds is 9. The maximum Gasteiger partial charge on any atom is 0.246 e. The summed E-state index contributed by atoms with van der Waals surface area (Å²) in [7, 11) is 0. The van der Waals surface area contributed by atoms with E-state index in [-0.39, 0.29) is 31.0 Å². The van der Waals surface area contributed by atoms with Gasteiger partial charge in [-0.25, -0.2) is 9.67 Å². The number of carbonyl (C=O) groups is 1. The van der Waals surface area contributed by atoms with Gasteiger partial charge < -0.3 is 26.2 Å². The van der Waals surface area contributed by atoms with E-state index in [1.54, 1.807) is 0 Å². The largest absolute Gasteiger partial charge is 0.491 e. The number of nitrogens with one attached hydrogen (secondary N) is 2. The number of carbonyl (C=O) groups excluding carboxylic acids is 1. The van der Waals surface area contributed by atoms with Crippen LogP contribution < -0.4 is 21.1 Å². The van der Waals surface area contributed by atoms with E-state index in [0.29, 0.717) is 6.04 Å². The van der Waals surface area contributed by atoms with Crippen LogP contribution in [0.3, 0.4) is 0 Å². The van der Waals surface area contributed by atoms with Crippen molar-refractivity contribution in [1.29, 1.82) is 0 Å². The van der Waals surface area contributed by atoms with Gasteiger partial charge in [-0.15, -0.1) is 5.10 Å². The molecule has 5 N–H and O–H groups in total. The molecule has 0 aliphatic carbocycles. The number of hydrogen-bond donors (Lipinski definition) is 4. The molecule has 3 aromatic rings. The Labute approximate surface area is 186 Å². The average Bonchev–Trinajstić information content (AvgIpc) is 3.43. The molecule has 2 aromatic carbocycles. The molecule has 1 fully saturated rings. The fraction of sp³-hybridized carbons (Fsp3) is 0.348. The zero-order valence-electron chi connectivity index (χ0n) is 17.7. The monoisotopic (exact) mass is 436 g/mol. The molecule has 32 heavy (non-hydrogen) atoms. The van der Waals surface area contributed by atoms with Gasteiger partial charge in [0.05, 0.1) is 0 Å². The van der Waals surface area contributed by atoms with Gasteiger partial charge in [0.15, 0.2) is 0 Å². The van der Waals surface area contributed by atoms with Gasteiger partial charge >= 0.3 is 0 Å². The highest BCUT2D eigenvalue weighted by atomic mass is 16.5. The van der Waals surface area contributed by atoms with Crippen molar-refractivity contribution in [2.24, 2.45) is 0 Å². The maximum atomic E-state index is 12.1. The van der Waals surface area contributed by atoms with E-state index < -0.39 is 6.10 Å². The lowest BCUT2D eigenvalue weighted by molar-refractivity contribution is -0.116. The molecule has 0 spiro atoms. The SMILES string of the molecule is Nc1ncn(CC(=O)Nc2ccc(C[C@@H]3CC[C@H]([C@H](O)COc4ccccc4)N3)cc2)n1. The van der Waals surface area contributed by atoms with Gasteiger partial charge in [-0.2, -0.15) is 0 Å². The number of hydrogen-bond acceptors (Lipinski definition) is 7. The molecule has 3 atom stereocenters. The first-order chi connectivity index (χ1) is 15.5. The van der Waals surface area contributed by atoms with Crippen LogP contribution in [-0.4, -0.2) is 50.6 Å². The predicted octanol–water partition coefficient (Wildman–Crippen LogP) is 1.60. The highest BCUT2D eigenvalue weighted by molar-refractivity contribution is 5.90. The molecule has 1 aliphatic heterocycles. The molecule has 168 valence electrons. The Morgan fingerprint density at radius 3 is 2.72 bits per heavy atom. The van der Waals surface area contributed by atoms with E-state index in [4.69, 9.17) is 10.5 Å². The second-order valence-corrected chi connectivity index (χ2v) is 7.99. The minimum Gasteiger partial charge on any atom is -0.491 e. The number of nitrogens with two attached hydrogens (primary N) is 1. The molecule has 9 heteroatoms. The number of anilines is 2. The number of ether oxygens (including phenoxy) is 1. The third kappa shape index (κ3) is 6.05. The van der Waals surface area contributed by atoms with Crippen molar-refractivity contribution in [2.75, 3.05) is 17.7 Å². The molecule has 1 saturated heterocycles. The maximum absolute atomic E-state index is 12.1. The normalized spacial score (nSPS) is 18.9. The Hall–Kier alpha value is -3.43. The summed E-state index contributed by atoms with van der Waals surface area (Å²) in [4.78, 5) is 15.9. The number of nitrogens with zero attached hydrogens (tertiary/aromatic N) is 3. The second-order valence-electron chi connectivity index (χ2n) is 7.99. The highest BCUT2D eigenvalue weighted by Crippen LogP contribution is 2.21. The van der Waals surface area contributed by atoms with E-state index in [0.717, 1.165) is 30.7 Å². The van der Waals surface area contributed by atoms with Gasteiger partial charge in [-0.1, -0.05) is 30.3 Å². The smallest absolute Gasteiger partial charge is 0.246 e. The van der Waals surface area contributed by atoms with Gasteiger partial charge in [0.1, 0.15) is 31.3 Å². The van der Waals surface area contributed by atoms with Crippen LogP contribution in [0, 0.1) is 0 Å². The van der Waals surface area contributed by atoms with Gasteiger partial charge in [0.2, 0.25) is 11.9 Å². The Kier molecular flexibility index (Phi) is 6.98. The fourth-order valence-electron chi connectivity index (χ4n) is 3.87. The summed E-state index contributed by atoms with van der Waals surface area (Å²) in [5.41, 5.74) is 7.34. The second kappa shape index (κ2) is 10.3. The molecule has 1 amide bonds. The average molecular weight is 437 g/mol. The van der Waals surface area contributed by atoms with Crippen molar-refractivity contribution < 1.29 is 14.6 Å². The van der Waals surface area contributed by atoms with Crippen LogP contribution in [0.1, 0.15) is 18.4 Å². The van der Waals surface area contributed by atoms with Crippen molar-refractivity contribution >= 4 is 17.5 Å². The van der Waals surface area contributed by atoms with Crippen LogP contribution in [0.15, 0.2) is 60.9 Å². The Bertz CT molecular complexity index is 1010. The van der Waals surface area contributed by atoms with E-state index >= 15 is 0 Å². The lowest BCUT2D eigenvalue weighted by Crippen LogP contribution is -2.42. The number of aromatic nitrogens is 3. The number of nitrogen functional groups attached to an aromatic ring is 1. The van der Waals surface area contributed by atoms with Gasteiger partial charge in [0, 0.05) is 17.8 Å². The van der Waals surface area contributed by atoms with Crippen LogP contribution in [-0.2, 0) is 17.8 Å². The number of aliphatic hydroxyl groups is 1. The molecular weight excluding hydrogens is 408 g/mol. The summed E-state index contributed by atoms with van der Waals surface area (Å²) in [5, 5.41) is 20.7. The Balaban J connectivity index is 1.21. The van der Waals surface area contributed by atoms with E-state index in [9.17, 15) is 9.90 Å². The fourth-order valence-corrected chi connectivity index (χ4v) is 3.87. The van der Waals surface area contributed by atoms with Gasteiger partial charge in [0.25, 0.3) is 0 Å². The van der Waals surface area contributed by atoms with Crippen molar-refractivity contribution in [2.45, 2.75) is 44.0 Å². The summed E-state index contributed by atoms with van der Waals surface area (Å²) < 4.78 is 7.07. The first-order valence-electron chi connectivity index (χ1n) is 10.7. The Morgan fingerprint density at radius 2 is 2.00 bits per heavy atom. The molecular formula is C23H28N6O3. The van der Waals surface area contributed by atoms with Crippen LogP contribution in [0.4, 0.5) is 11.6 Å². The van der Waals surface area contributed by atoms with Crippen molar-refractivity contribution in [3.05, 3.63) is 66.5 Å². The number of benzene rings is 2. The van der Waals surface area contributed by atoms with Crippen LogP contribution in [0.2, 0.25) is 0 Å². The third-order valence-corrected chi connectivity index (χ3v) is 5.48. The molecule has 0 saturated carbocycles. The van der Waals surface area contributed by atoms with E-state index in [1.165, 1.54) is 16.6 Å². The first-order valence-corrected chi connectivity index (χ1v) is 10.7. The predicted molar refractivity (Wildman–Crippen MR) is 121 cm³/mol. The zero-order chi connectivity index (χ0) is 22.3. The summed E-state index contributed by atoms with van der Waals surface area (Å²) >= 11 is 0. The molecule has 0 bridgehead atoms. The topological polar surface area (TPSA) is 127 Å². The molecule has 2 heterocycles. The molecule has 9 nitrogen and oxygen atoms in total.